The van der Waals surface area contributed by atoms with E-state index in [9.17, 15) is 19.5 Å². The number of aryl methyl sites for hydroxylation is 1. The summed E-state index contributed by atoms with van der Waals surface area (Å²) in [6, 6.07) is 12.2. The minimum Gasteiger partial charge on any atom is -0.494 e. The molecule has 6 rings (SSSR count). The molecule has 1 unspecified atom stereocenters. The Morgan fingerprint density at radius 3 is 2.49 bits per heavy atom. The van der Waals surface area contributed by atoms with Gasteiger partial charge in [-0.25, -0.2) is 0 Å². The first-order chi connectivity index (χ1) is 20.8. The number of para-hydroxylation sites is 1. The molecule has 2 saturated heterocycles. The molecule has 4 aliphatic rings. The average Bonchev–Trinajstić information content (AvgIpc) is 3.30. The van der Waals surface area contributed by atoms with Crippen molar-refractivity contribution in [3.8, 4) is 5.75 Å². The SMILES string of the molecule is CCOc1ccc(N2CC=C[C@H]3S[C@]45C=CCN(c6c(C)cccc6Cl)C(=O)C4N(CCCCO)C(=O)[C@@H]5[C@H]3C2=O)cc1. The fourth-order valence-corrected chi connectivity index (χ4v) is 9.39. The van der Waals surface area contributed by atoms with E-state index < -0.39 is 22.6 Å². The van der Waals surface area contributed by atoms with Crippen LogP contribution in [0.4, 0.5) is 11.4 Å². The number of unbranched alkanes of at least 4 members (excludes halogenated alkanes) is 1. The molecule has 43 heavy (non-hydrogen) atoms. The van der Waals surface area contributed by atoms with Crippen molar-refractivity contribution in [1.82, 2.24) is 4.90 Å². The van der Waals surface area contributed by atoms with Gasteiger partial charge in [-0.3, -0.25) is 14.4 Å². The lowest BCUT2D eigenvalue weighted by molar-refractivity contribution is -0.138. The number of carbonyl (C=O) groups excluding carboxylic acids is 3. The van der Waals surface area contributed by atoms with Crippen molar-refractivity contribution in [2.24, 2.45) is 11.8 Å². The van der Waals surface area contributed by atoms with Crippen LogP contribution in [0.5, 0.6) is 5.75 Å². The summed E-state index contributed by atoms with van der Waals surface area (Å²) < 4.78 is 4.67. The van der Waals surface area contributed by atoms with E-state index in [2.05, 4.69) is 0 Å². The van der Waals surface area contributed by atoms with Gasteiger partial charge in [-0.1, -0.05) is 48.0 Å². The van der Waals surface area contributed by atoms with Crippen LogP contribution >= 0.6 is 23.4 Å². The zero-order valence-electron chi connectivity index (χ0n) is 24.3. The normalized spacial score (nSPS) is 28.1. The van der Waals surface area contributed by atoms with Gasteiger partial charge < -0.3 is 24.5 Å². The largest absolute Gasteiger partial charge is 0.494 e. The number of nitrogens with zero attached hydrogens (tertiary/aromatic N) is 3. The number of hydrogen-bond donors (Lipinski definition) is 1. The molecule has 3 amide bonds. The molecule has 4 aliphatic heterocycles. The molecule has 10 heteroatoms. The second-order valence-corrected chi connectivity index (χ2v) is 13.3. The highest BCUT2D eigenvalue weighted by molar-refractivity contribution is 8.02. The third-order valence-electron chi connectivity index (χ3n) is 8.88. The van der Waals surface area contributed by atoms with Crippen LogP contribution in [-0.4, -0.2) is 76.6 Å². The Morgan fingerprint density at radius 2 is 1.77 bits per heavy atom. The molecule has 0 aromatic heterocycles. The van der Waals surface area contributed by atoms with Crippen LogP contribution in [0.3, 0.4) is 0 Å². The van der Waals surface area contributed by atoms with Crippen LogP contribution in [0.1, 0.15) is 25.3 Å². The van der Waals surface area contributed by atoms with Gasteiger partial charge in [0.2, 0.25) is 11.8 Å². The van der Waals surface area contributed by atoms with Crippen molar-refractivity contribution in [2.75, 3.05) is 42.6 Å². The van der Waals surface area contributed by atoms with E-state index in [1.54, 1.807) is 32.5 Å². The number of likely N-dealkylation sites (tertiary alicyclic amines) is 1. The highest BCUT2D eigenvalue weighted by Crippen LogP contribution is 2.61. The Labute approximate surface area is 261 Å². The second-order valence-electron chi connectivity index (χ2n) is 11.4. The van der Waals surface area contributed by atoms with Crippen LogP contribution in [-0.2, 0) is 14.4 Å². The Balaban J connectivity index is 1.41. The molecule has 1 N–H and O–H groups in total. The highest BCUT2D eigenvalue weighted by Gasteiger charge is 2.71. The van der Waals surface area contributed by atoms with Gasteiger partial charge in [0.25, 0.3) is 5.91 Å². The zero-order chi connectivity index (χ0) is 30.3. The molecule has 4 heterocycles. The number of rotatable bonds is 8. The van der Waals surface area contributed by atoms with Crippen molar-refractivity contribution in [3.05, 3.63) is 77.4 Å². The lowest BCUT2D eigenvalue weighted by atomic mass is 9.78. The van der Waals surface area contributed by atoms with Crippen LogP contribution in [0.2, 0.25) is 5.02 Å². The molecule has 2 aromatic rings. The van der Waals surface area contributed by atoms with E-state index in [1.165, 1.54) is 0 Å². The van der Waals surface area contributed by atoms with E-state index >= 15 is 0 Å². The predicted molar refractivity (Wildman–Crippen MR) is 170 cm³/mol. The monoisotopic (exact) mass is 621 g/mol. The Bertz CT molecular complexity index is 1460. The highest BCUT2D eigenvalue weighted by atomic mass is 35.5. The molecule has 2 fully saturated rings. The molecule has 226 valence electrons. The number of hydrogen-bond acceptors (Lipinski definition) is 6. The summed E-state index contributed by atoms with van der Waals surface area (Å²) in [4.78, 5) is 48.6. The molecule has 8 nitrogen and oxygen atoms in total. The summed E-state index contributed by atoms with van der Waals surface area (Å²) in [5.41, 5.74) is 2.24. The maximum atomic E-state index is 14.6. The fourth-order valence-electron chi connectivity index (χ4n) is 7.06. The first kappa shape index (κ1) is 29.8. The van der Waals surface area contributed by atoms with Gasteiger partial charge in [0.05, 0.1) is 33.9 Å². The van der Waals surface area contributed by atoms with Crippen LogP contribution < -0.4 is 14.5 Å². The topological polar surface area (TPSA) is 90.4 Å². The summed E-state index contributed by atoms with van der Waals surface area (Å²) in [6.07, 6.45) is 9.05. The van der Waals surface area contributed by atoms with Gasteiger partial charge in [-0.2, -0.15) is 0 Å². The number of ether oxygens (including phenoxy) is 1. The number of anilines is 2. The van der Waals surface area contributed by atoms with Gasteiger partial charge in [0, 0.05) is 37.2 Å². The standard InChI is InChI=1S/C33H36ClN3O5S/c1-3-42-23-14-12-22(13-15-23)35-18-7-11-25-26(30(35)39)27-31(40)37(17-4-5-20-38)29-32(41)36(19-8-16-33(27,29)43-25)28-21(2)9-6-10-24(28)34/h6-16,25-27,29,38H,3-5,17-20H2,1-2H3/t25-,26+,27+,29?,33+/m1/s1. The number of benzene rings is 2. The van der Waals surface area contributed by atoms with E-state index in [1.807, 2.05) is 74.5 Å². The molecular formula is C33H36ClN3O5S. The molecule has 0 radical (unpaired) electrons. The maximum Gasteiger partial charge on any atom is 0.251 e. The maximum absolute atomic E-state index is 14.6. The Kier molecular flexibility index (Phi) is 8.33. The first-order valence-corrected chi connectivity index (χ1v) is 16.1. The second kappa shape index (κ2) is 12.0. The minimum absolute atomic E-state index is 0.000162. The van der Waals surface area contributed by atoms with Gasteiger partial charge in [-0.15, -0.1) is 11.8 Å². The first-order valence-electron chi connectivity index (χ1n) is 14.9. The lowest BCUT2D eigenvalue weighted by Crippen LogP contribution is -2.53. The quantitative estimate of drug-likeness (QED) is 0.342. The van der Waals surface area contributed by atoms with Crippen molar-refractivity contribution < 1.29 is 24.2 Å². The molecule has 0 bridgehead atoms. The van der Waals surface area contributed by atoms with Crippen molar-refractivity contribution in [1.29, 1.82) is 0 Å². The lowest BCUT2D eigenvalue weighted by Gasteiger charge is -2.35. The number of fused-ring (bicyclic) bond motifs is 2. The fraction of sp³-hybridized carbons (Fsp3) is 0.424. The predicted octanol–water partition coefficient (Wildman–Crippen LogP) is 4.62. The van der Waals surface area contributed by atoms with E-state index in [0.29, 0.717) is 49.8 Å². The third kappa shape index (κ3) is 4.95. The van der Waals surface area contributed by atoms with Crippen LogP contribution in [0.25, 0.3) is 0 Å². The molecule has 1 spiro atoms. The summed E-state index contributed by atoms with van der Waals surface area (Å²) in [5, 5.41) is 9.69. The Hall–Kier alpha value is -3.27. The van der Waals surface area contributed by atoms with Crippen molar-refractivity contribution in [3.63, 3.8) is 0 Å². The number of thioether (sulfide) groups is 1. The van der Waals surface area contributed by atoms with E-state index in [-0.39, 0.29) is 29.6 Å². The molecule has 5 atom stereocenters. The van der Waals surface area contributed by atoms with Crippen LogP contribution in [0, 0.1) is 18.8 Å². The zero-order valence-corrected chi connectivity index (χ0v) is 25.9. The smallest absolute Gasteiger partial charge is 0.251 e. The number of carbonyl (C=O) groups is 3. The van der Waals surface area contributed by atoms with E-state index in [0.717, 1.165) is 17.0 Å². The van der Waals surface area contributed by atoms with Crippen molar-refractivity contribution in [2.45, 2.75) is 42.7 Å². The number of aliphatic hydroxyl groups is 1. The summed E-state index contributed by atoms with van der Waals surface area (Å²) in [7, 11) is 0. The molecule has 0 aliphatic carbocycles. The van der Waals surface area contributed by atoms with E-state index in [4.69, 9.17) is 16.3 Å². The minimum atomic E-state index is -0.922. The van der Waals surface area contributed by atoms with Gasteiger partial charge in [-0.05, 0) is 62.6 Å². The molecule has 0 saturated carbocycles. The summed E-state index contributed by atoms with van der Waals surface area (Å²) in [6.45, 7) is 5.42. The number of aliphatic hydroxyl groups excluding tert-OH is 1. The average molecular weight is 622 g/mol. The molecular weight excluding hydrogens is 586 g/mol. The summed E-state index contributed by atoms with van der Waals surface area (Å²) >= 11 is 8.20. The van der Waals surface area contributed by atoms with Gasteiger partial charge >= 0.3 is 0 Å². The van der Waals surface area contributed by atoms with Gasteiger partial charge in [0.15, 0.2) is 0 Å². The number of halogens is 1. The van der Waals surface area contributed by atoms with Gasteiger partial charge in [0.1, 0.15) is 11.8 Å². The third-order valence-corrected chi connectivity index (χ3v) is 10.9. The summed E-state index contributed by atoms with van der Waals surface area (Å²) in [5.74, 6) is -1.14. The molecule has 2 aromatic carbocycles. The number of amides is 3. The van der Waals surface area contributed by atoms with Crippen LogP contribution in [0.15, 0.2) is 66.8 Å². The Morgan fingerprint density at radius 1 is 1.00 bits per heavy atom. The van der Waals surface area contributed by atoms with Crippen molar-refractivity contribution >= 4 is 52.5 Å².